The van der Waals surface area contributed by atoms with Gasteiger partial charge in [-0.25, -0.2) is 0 Å². The van der Waals surface area contributed by atoms with Crippen LogP contribution in [0.1, 0.15) is 19.3 Å². The maximum absolute atomic E-state index is 5.90. The largest absolute Gasteiger partial charge is 0.122 e. The van der Waals surface area contributed by atoms with Crippen molar-refractivity contribution in [2.24, 2.45) is 0 Å². The van der Waals surface area contributed by atoms with E-state index in [1.807, 2.05) is 0 Å². The molecule has 1 aliphatic carbocycles. The number of halogens is 2. The molecule has 1 aliphatic rings. The van der Waals surface area contributed by atoms with Gasteiger partial charge in [0.15, 0.2) is 0 Å². The third-order valence-corrected chi connectivity index (χ3v) is 3.73. The molecular formula is C6H9ClI. The molecule has 47 valence electrons. The Kier molecular flexibility index (Phi) is 2.90. The second-order valence-electron chi connectivity index (χ2n) is 2.13. The second-order valence-corrected chi connectivity index (χ2v) is 4.23. The normalized spacial score (nSPS) is 39.8. The summed E-state index contributed by atoms with van der Waals surface area (Å²) in [5.74, 6) is 0. The molecule has 0 heterocycles. The topological polar surface area (TPSA) is 0 Å². The molecule has 2 heteroatoms. The van der Waals surface area contributed by atoms with E-state index in [2.05, 4.69) is 29.0 Å². The van der Waals surface area contributed by atoms with Crippen molar-refractivity contribution in [3.63, 3.8) is 0 Å². The van der Waals surface area contributed by atoms with Gasteiger partial charge < -0.3 is 0 Å². The zero-order valence-electron chi connectivity index (χ0n) is 4.61. The highest BCUT2D eigenvalue weighted by molar-refractivity contribution is 14.1. The van der Waals surface area contributed by atoms with Gasteiger partial charge in [0, 0.05) is 9.30 Å². The van der Waals surface area contributed by atoms with Crippen LogP contribution >= 0.6 is 34.2 Å². The van der Waals surface area contributed by atoms with Crippen LogP contribution in [-0.4, -0.2) is 9.30 Å². The lowest BCUT2D eigenvalue weighted by molar-refractivity contribution is 0.627. The molecule has 8 heavy (non-hydrogen) atoms. The minimum absolute atomic E-state index is 0.337. The third kappa shape index (κ3) is 1.76. The molecule has 0 spiro atoms. The van der Waals surface area contributed by atoms with Crippen LogP contribution in [0.4, 0.5) is 0 Å². The van der Waals surface area contributed by atoms with Crippen LogP contribution in [0.15, 0.2) is 0 Å². The van der Waals surface area contributed by atoms with Gasteiger partial charge in [0.1, 0.15) is 0 Å². The summed E-state index contributed by atoms with van der Waals surface area (Å²) >= 11 is 8.32. The molecule has 0 aliphatic heterocycles. The molecule has 0 nitrogen and oxygen atoms in total. The summed E-state index contributed by atoms with van der Waals surface area (Å²) in [6, 6.07) is 0. The van der Waals surface area contributed by atoms with Crippen molar-refractivity contribution >= 4 is 34.2 Å². The van der Waals surface area contributed by atoms with E-state index >= 15 is 0 Å². The lowest BCUT2D eigenvalue weighted by Gasteiger charge is -2.20. The Morgan fingerprint density at radius 3 is 2.75 bits per heavy atom. The molecule has 1 saturated carbocycles. The highest BCUT2D eigenvalue weighted by Gasteiger charge is 2.19. The molecule has 0 bridgehead atoms. The molecule has 0 amide bonds. The molecule has 2 atom stereocenters. The van der Waals surface area contributed by atoms with E-state index in [-0.39, 0.29) is 0 Å². The first-order valence-corrected chi connectivity index (χ1v) is 4.60. The molecular weight excluding hydrogens is 234 g/mol. The average molecular weight is 243 g/mol. The Bertz CT molecular complexity index is 64.9. The molecule has 1 radical (unpaired) electrons. The summed E-state index contributed by atoms with van der Waals surface area (Å²) in [7, 11) is 0. The van der Waals surface area contributed by atoms with Crippen LogP contribution < -0.4 is 0 Å². The molecule has 0 aromatic heterocycles. The summed E-state index contributed by atoms with van der Waals surface area (Å²) in [5.41, 5.74) is 0. The Morgan fingerprint density at radius 1 is 1.62 bits per heavy atom. The van der Waals surface area contributed by atoms with Crippen molar-refractivity contribution in [1.29, 1.82) is 0 Å². The predicted octanol–water partition coefficient (Wildman–Crippen LogP) is 2.79. The summed E-state index contributed by atoms with van der Waals surface area (Å²) < 4.78 is 0.683. The Balaban J connectivity index is 2.28. The lowest BCUT2D eigenvalue weighted by atomic mass is 10.0. The fourth-order valence-corrected chi connectivity index (χ4v) is 1.88. The van der Waals surface area contributed by atoms with E-state index in [1.165, 1.54) is 19.3 Å². The lowest BCUT2D eigenvalue weighted by Crippen LogP contribution is -2.19. The highest BCUT2D eigenvalue weighted by Crippen LogP contribution is 2.27. The van der Waals surface area contributed by atoms with Crippen LogP contribution in [0, 0.1) is 6.42 Å². The van der Waals surface area contributed by atoms with Gasteiger partial charge in [0.05, 0.1) is 0 Å². The monoisotopic (exact) mass is 243 g/mol. The molecule has 0 N–H and O–H groups in total. The number of alkyl halides is 2. The van der Waals surface area contributed by atoms with Crippen molar-refractivity contribution in [2.75, 3.05) is 0 Å². The van der Waals surface area contributed by atoms with Gasteiger partial charge in [-0.05, 0) is 19.3 Å². The number of hydrogen-bond donors (Lipinski definition) is 0. The summed E-state index contributed by atoms with van der Waals surface area (Å²) in [6.45, 7) is 0. The number of rotatable bonds is 0. The summed E-state index contributed by atoms with van der Waals surface area (Å²) in [6.07, 6.45) is 6.05. The Morgan fingerprint density at radius 2 is 2.38 bits per heavy atom. The van der Waals surface area contributed by atoms with Gasteiger partial charge in [0.2, 0.25) is 0 Å². The molecule has 0 aromatic rings. The van der Waals surface area contributed by atoms with Crippen molar-refractivity contribution in [3.8, 4) is 0 Å². The second kappa shape index (κ2) is 3.25. The van der Waals surface area contributed by atoms with Crippen molar-refractivity contribution in [2.45, 2.75) is 28.6 Å². The quantitative estimate of drug-likeness (QED) is 0.453. The SMILES string of the molecule is ClC1[CH]CCCC1I. The molecule has 0 saturated heterocycles. The smallest absolute Gasteiger partial charge is 0.0485 e. The van der Waals surface area contributed by atoms with Crippen LogP contribution in [0.25, 0.3) is 0 Å². The first kappa shape index (κ1) is 7.13. The minimum atomic E-state index is 0.337. The summed E-state index contributed by atoms with van der Waals surface area (Å²) in [5, 5.41) is 0.337. The molecule has 1 rings (SSSR count). The van der Waals surface area contributed by atoms with E-state index < -0.39 is 0 Å². The van der Waals surface area contributed by atoms with E-state index in [1.54, 1.807) is 0 Å². The van der Waals surface area contributed by atoms with Gasteiger partial charge >= 0.3 is 0 Å². The van der Waals surface area contributed by atoms with Crippen LogP contribution in [0.2, 0.25) is 0 Å². The van der Waals surface area contributed by atoms with Gasteiger partial charge in [-0.2, -0.15) is 0 Å². The van der Waals surface area contributed by atoms with Crippen LogP contribution in [0.3, 0.4) is 0 Å². The van der Waals surface area contributed by atoms with Crippen molar-refractivity contribution in [1.82, 2.24) is 0 Å². The first-order valence-electron chi connectivity index (χ1n) is 2.92. The maximum Gasteiger partial charge on any atom is 0.0485 e. The van der Waals surface area contributed by atoms with Gasteiger partial charge in [-0.15, -0.1) is 11.6 Å². The van der Waals surface area contributed by atoms with Crippen molar-refractivity contribution < 1.29 is 0 Å². The Hall–Kier alpha value is 1.02. The molecule has 0 aromatic carbocycles. The standard InChI is InChI=1S/C6H9ClI/c7-5-3-1-2-4-6(5)8/h3,5-6H,1-2,4H2. The van der Waals surface area contributed by atoms with Gasteiger partial charge in [-0.1, -0.05) is 29.0 Å². The van der Waals surface area contributed by atoms with Crippen molar-refractivity contribution in [3.05, 3.63) is 6.42 Å². The van der Waals surface area contributed by atoms with E-state index in [0.29, 0.717) is 9.30 Å². The van der Waals surface area contributed by atoms with E-state index in [4.69, 9.17) is 11.6 Å². The molecule has 2 unspecified atom stereocenters. The van der Waals surface area contributed by atoms with E-state index in [9.17, 15) is 0 Å². The zero-order valence-corrected chi connectivity index (χ0v) is 7.52. The van der Waals surface area contributed by atoms with Crippen LogP contribution in [-0.2, 0) is 0 Å². The Labute approximate surface area is 69.1 Å². The van der Waals surface area contributed by atoms with Crippen LogP contribution in [0.5, 0.6) is 0 Å². The average Bonchev–Trinajstić information content (AvgIpc) is 1.77. The fraction of sp³-hybridized carbons (Fsp3) is 0.833. The third-order valence-electron chi connectivity index (χ3n) is 1.42. The van der Waals surface area contributed by atoms with Gasteiger partial charge in [-0.3, -0.25) is 0 Å². The fourth-order valence-electron chi connectivity index (χ4n) is 0.897. The van der Waals surface area contributed by atoms with E-state index in [0.717, 1.165) is 0 Å². The minimum Gasteiger partial charge on any atom is -0.122 e. The first-order chi connectivity index (χ1) is 3.80. The van der Waals surface area contributed by atoms with Gasteiger partial charge in [0.25, 0.3) is 0 Å². The number of hydrogen-bond acceptors (Lipinski definition) is 0. The molecule has 1 fully saturated rings. The maximum atomic E-state index is 5.90. The summed E-state index contributed by atoms with van der Waals surface area (Å²) in [4.78, 5) is 0. The zero-order chi connectivity index (χ0) is 5.98. The highest BCUT2D eigenvalue weighted by atomic mass is 127. The predicted molar refractivity (Wildman–Crippen MR) is 45.6 cm³/mol.